The van der Waals surface area contributed by atoms with Crippen LogP contribution in [0.2, 0.25) is 0 Å². The molecule has 2 aliphatic rings. The summed E-state index contributed by atoms with van der Waals surface area (Å²) >= 11 is 1.41. The third kappa shape index (κ3) is 7.79. The summed E-state index contributed by atoms with van der Waals surface area (Å²) < 4.78 is 0. The van der Waals surface area contributed by atoms with Gasteiger partial charge in [0, 0.05) is 75.8 Å². The van der Waals surface area contributed by atoms with Crippen LogP contribution in [0.4, 0.5) is 21.6 Å². The highest BCUT2D eigenvalue weighted by atomic mass is 32.1. The van der Waals surface area contributed by atoms with Crippen molar-refractivity contribution in [1.29, 1.82) is 0 Å². The molecule has 0 saturated carbocycles. The lowest BCUT2D eigenvalue weighted by molar-refractivity contribution is -0.115. The smallest absolute Gasteiger partial charge is 0.255 e. The summed E-state index contributed by atoms with van der Waals surface area (Å²) in [6.45, 7) is 8.33. The molecule has 0 atom stereocenters. The van der Waals surface area contributed by atoms with Gasteiger partial charge in [0.05, 0.1) is 6.42 Å². The van der Waals surface area contributed by atoms with E-state index in [0.29, 0.717) is 17.1 Å². The molecule has 2 saturated heterocycles. The molecule has 44 heavy (non-hydrogen) atoms. The molecule has 0 bridgehead atoms. The lowest BCUT2D eigenvalue weighted by Crippen LogP contribution is -2.45. The molecule has 3 aromatic carbocycles. The number of nitrogens with one attached hydrogen (secondary N) is 2. The van der Waals surface area contributed by atoms with Crippen LogP contribution in [-0.2, 0) is 17.8 Å². The predicted molar refractivity (Wildman–Crippen MR) is 177 cm³/mol. The molecule has 0 radical (unpaired) electrons. The number of hydrogen-bond acceptors (Lipinski definition) is 9. The van der Waals surface area contributed by atoms with Crippen LogP contribution in [0, 0.1) is 0 Å². The predicted octanol–water partition coefficient (Wildman–Crippen LogP) is 4.05. The van der Waals surface area contributed by atoms with E-state index in [2.05, 4.69) is 59.6 Å². The zero-order valence-electron chi connectivity index (χ0n) is 25.0. The Balaban J connectivity index is 0.955. The van der Waals surface area contributed by atoms with Gasteiger partial charge in [-0.3, -0.25) is 14.5 Å². The van der Waals surface area contributed by atoms with E-state index in [1.807, 2.05) is 66.7 Å². The minimum absolute atomic E-state index is 0.0948. The number of amides is 2. The number of carbonyl (C=O) groups is 2. The first-order valence-electron chi connectivity index (χ1n) is 15.1. The Morgan fingerprint density at radius 1 is 0.750 bits per heavy atom. The molecule has 0 unspecified atom stereocenters. The van der Waals surface area contributed by atoms with Crippen molar-refractivity contribution in [2.45, 2.75) is 13.0 Å². The minimum atomic E-state index is -0.103. The van der Waals surface area contributed by atoms with E-state index in [9.17, 15) is 9.59 Å². The molecule has 1 aromatic heterocycles. The van der Waals surface area contributed by atoms with Crippen LogP contribution in [0.1, 0.15) is 21.5 Å². The Hall–Kier alpha value is -4.32. The fraction of sp³-hybridized carbons (Fsp3) is 0.333. The van der Waals surface area contributed by atoms with Gasteiger partial charge < -0.3 is 25.3 Å². The number of likely N-dealkylation sites (N-methyl/N-ethyl adjacent to an activating group) is 1. The standard InChI is InChI=1S/C33H38N8O2S/c1-38-14-18-40(19-15-38)29-9-5-8-28(23-29)34-31(43)27-12-10-26(11-13-27)24-39-16-20-41(21-17-39)33-37-36-32(44-33)35-30(42)22-25-6-3-2-4-7-25/h2-13,23H,14-22,24H2,1H3,(H,34,43)(H,35,36,42). The Morgan fingerprint density at radius 3 is 2.23 bits per heavy atom. The fourth-order valence-electron chi connectivity index (χ4n) is 5.50. The summed E-state index contributed by atoms with van der Waals surface area (Å²) in [5.74, 6) is -0.198. The van der Waals surface area contributed by atoms with Crippen LogP contribution >= 0.6 is 11.3 Å². The molecule has 0 aliphatic carbocycles. The molecule has 3 heterocycles. The van der Waals surface area contributed by atoms with Crippen molar-refractivity contribution in [1.82, 2.24) is 20.0 Å². The van der Waals surface area contributed by atoms with Gasteiger partial charge in [0.2, 0.25) is 16.2 Å². The number of carbonyl (C=O) groups excluding carboxylic acids is 2. The monoisotopic (exact) mass is 610 g/mol. The van der Waals surface area contributed by atoms with E-state index in [0.717, 1.165) is 81.0 Å². The first kappa shape index (κ1) is 29.7. The van der Waals surface area contributed by atoms with Gasteiger partial charge in [0.25, 0.3) is 5.91 Å². The Morgan fingerprint density at radius 2 is 1.48 bits per heavy atom. The van der Waals surface area contributed by atoms with Crippen molar-refractivity contribution in [2.24, 2.45) is 0 Å². The third-order valence-electron chi connectivity index (χ3n) is 8.11. The van der Waals surface area contributed by atoms with Crippen molar-refractivity contribution in [3.8, 4) is 0 Å². The molecule has 2 fully saturated rings. The normalized spacial score (nSPS) is 16.1. The minimum Gasteiger partial charge on any atom is -0.369 e. The van der Waals surface area contributed by atoms with Gasteiger partial charge in [-0.25, -0.2) is 0 Å². The zero-order valence-corrected chi connectivity index (χ0v) is 25.8. The molecular weight excluding hydrogens is 572 g/mol. The number of aromatic nitrogens is 2. The van der Waals surface area contributed by atoms with E-state index in [4.69, 9.17) is 0 Å². The lowest BCUT2D eigenvalue weighted by Gasteiger charge is -2.34. The molecule has 0 spiro atoms. The van der Waals surface area contributed by atoms with Crippen LogP contribution < -0.4 is 20.4 Å². The Labute approximate surface area is 262 Å². The molecule has 2 N–H and O–H groups in total. The first-order valence-corrected chi connectivity index (χ1v) is 15.9. The molecule has 228 valence electrons. The Kier molecular flexibility index (Phi) is 9.45. The van der Waals surface area contributed by atoms with Gasteiger partial charge in [-0.05, 0) is 48.5 Å². The lowest BCUT2D eigenvalue weighted by atomic mass is 10.1. The van der Waals surface area contributed by atoms with Gasteiger partial charge in [-0.15, -0.1) is 10.2 Å². The maximum Gasteiger partial charge on any atom is 0.255 e. The van der Waals surface area contributed by atoms with Crippen LogP contribution in [0.5, 0.6) is 0 Å². The second kappa shape index (κ2) is 14.0. The van der Waals surface area contributed by atoms with E-state index in [-0.39, 0.29) is 11.8 Å². The quantitative estimate of drug-likeness (QED) is 0.293. The summed E-state index contributed by atoms with van der Waals surface area (Å²) in [6, 6.07) is 25.6. The highest BCUT2D eigenvalue weighted by Crippen LogP contribution is 2.26. The average molecular weight is 611 g/mol. The first-order chi connectivity index (χ1) is 21.5. The van der Waals surface area contributed by atoms with Crippen LogP contribution in [0.25, 0.3) is 0 Å². The van der Waals surface area contributed by atoms with Crippen molar-refractivity contribution >= 4 is 44.8 Å². The van der Waals surface area contributed by atoms with E-state index >= 15 is 0 Å². The Bertz CT molecular complexity index is 1550. The average Bonchev–Trinajstić information content (AvgIpc) is 3.51. The topological polar surface area (TPSA) is 96.9 Å². The van der Waals surface area contributed by atoms with Gasteiger partial charge in [-0.2, -0.15) is 0 Å². The molecule has 11 heteroatoms. The molecule has 6 rings (SSSR count). The van der Waals surface area contributed by atoms with Gasteiger partial charge >= 0.3 is 0 Å². The van der Waals surface area contributed by atoms with Crippen LogP contribution in [0.3, 0.4) is 0 Å². The van der Waals surface area contributed by atoms with Crippen LogP contribution in [0.15, 0.2) is 78.9 Å². The molecule has 2 amide bonds. The molecule has 4 aromatic rings. The van der Waals surface area contributed by atoms with Crippen molar-refractivity contribution in [3.63, 3.8) is 0 Å². The van der Waals surface area contributed by atoms with E-state index in [1.165, 1.54) is 16.9 Å². The second-order valence-corrected chi connectivity index (χ2v) is 12.3. The number of hydrogen-bond donors (Lipinski definition) is 2. The highest BCUT2D eigenvalue weighted by molar-refractivity contribution is 7.19. The zero-order chi connectivity index (χ0) is 30.3. The summed E-state index contributed by atoms with van der Waals surface area (Å²) in [5, 5.41) is 15.8. The van der Waals surface area contributed by atoms with Gasteiger partial charge in [-0.1, -0.05) is 59.9 Å². The van der Waals surface area contributed by atoms with Crippen molar-refractivity contribution in [3.05, 3.63) is 95.6 Å². The number of piperazine rings is 2. The number of anilines is 4. The van der Waals surface area contributed by atoms with Crippen LogP contribution in [-0.4, -0.2) is 91.2 Å². The van der Waals surface area contributed by atoms with Gasteiger partial charge in [0.15, 0.2) is 0 Å². The molecule has 2 aliphatic heterocycles. The number of benzene rings is 3. The maximum absolute atomic E-state index is 13.0. The molecular formula is C33H38N8O2S. The highest BCUT2D eigenvalue weighted by Gasteiger charge is 2.21. The maximum atomic E-state index is 13.0. The van der Waals surface area contributed by atoms with Crippen molar-refractivity contribution in [2.75, 3.05) is 79.8 Å². The third-order valence-corrected chi connectivity index (χ3v) is 9.01. The summed E-state index contributed by atoms with van der Waals surface area (Å²) in [7, 11) is 2.15. The number of rotatable bonds is 9. The summed E-state index contributed by atoms with van der Waals surface area (Å²) in [6.07, 6.45) is 0.311. The largest absolute Gasteiger partial charge is 0.369 e. The van der Waals surface area contributed by atoms with Gasteiger partial charge in [0.1, 0.15) is 0 Å². The molecule has 10 nitrogen and oxygen atoms in total. The number of nitrogens with zero attached hydrogens (tertiary/aromatic N) is 6. The summed E-state index contributed by atoms with van der Waals surface area (Å²) in [4.78, 5) is 34.7. The second-order valence-electron chi connectivity index (χ2n) is 11.4. The SMILES string of the molecule is CN1CCN(c2cccc(NC(=O)c3ccc(CN4CCN(c5nnc(NC(=O)Cc6ccccc6)s5)CC4)cc3)c2)CC1. The van der Waals surface area contributed by atoms with E-state index in [1.54, 1.807) is 0 Å². The van der Waals surface area contributed by atoms with Crippen molar-refractivity contribution < 1.29 is 9.59 Å². The van der Waals surface area contributed by atoms with E-state index < -0.39 is 0 Å². The summed E-state index contributed by atoms with van der Waals surface area (Å²) in [5.41, 5.74) is 4.73. The fourth-order valence-corrected chi connectivity index (χ4v) is 6.32.